The van der Waals surface area contributed by atoms with E-state index < -0.39 is 6.10 Å². The van der Waals surface area contributed by atoms with Crippen molar-refractivity contribution in [2.75, 3.05) is 6.61 Å². The Balaban J connectivity index is 2.07. The molecule has 0 aliphatic rings. The molecule has 1 unspecified atom stereocenters. The molecule has 0 aliphatic heterocycles. The SMILES string of the molecule is Cc1c(OCC(C)O)cc(O)c(-n2nc3ccccc3n2)c1O. The molecule has 0 amide bonds. The number of aromatic hydroxyl groups is 2. The van der Waals surface area contributed by atoms with E-state index >= 15 is 0 Å². The monoisotopic (exact) mass is 315 g/mol. The topological polar surface area (TPSA) is 101 Å². The van der Waals surface area contributed by atoms with Crippen LogP contribution in [0, 0.1) is 6.92 Å². The molecule has 1 aromatic heterocycles. The van der Waals surface area contributed by atoms with Crippen molar-refractivity contribution in [2.24, 2.45) is 0 Å². The average Bonchev–Trinajstić information content (AvgIpc) is 2.92. The molecule has 0 aliphatic carbocycles. The zero-order chi connectivity index (χ0) is 16.6. The van der Waals surface area contributed by atoms with Crippen molar-refractivity contribution in [3.05, 3.63) is 35.9 Å². The molecule has 2 aromatic carbocycles. The Morgan fingerprint density at radius 1 is 1.17 bits per heavy atom. The Kier molecular flexibility index (Phi) is 3.79. The molecule has 1 heterocycles. The molecule has 0 spiro atoms. The molecular formula is C16H17N3O4. The second-order valence-electron chi connectivity index (χ2n) is 5.35. The summed E-state index contributed by atoms with van der Waals surface area (Å²) >= 11 is 0. The molecule has 3 rings (SSSR count). The van der Waals surface area contributed by atoms with Crippen LogP contribution >= 0.6 is 0 Å². The molecule has 0 fully saturated rings. The highest BCUT2D eigenvalue weighted by Crippen LogP contribution is 2.39. The molecule has 0 saturated carbocycles. The lowest BCUT2D eigenvalue weighted by Gasteiger charge is -2.15. The van der Waals surface area contributed by atoms with Crippen LogP contribution < -0.4 is 4.74 Å². The van der Waals surface area contributed by atoms with Crippen LogP contribution in [0.15, 0.2) is 30.3 Å². The van der Waals surface area contributed by atoms with Gasteiger partial charge in [-0.15, -0.1) is 15.0 Å². The van der Waals surface area contributed by atoms with Gasteiger partial charge in [0.15, 0.2) is 17.2 Å². The van der Waals surface area contributed by atoms with Gasteiger partial charge in [-0.1, -0.05) is 12.1 Å². The number of aliphatic hydroxyl groups excluding tert-OH is 1. The van der Waals surface area contributed by atoms with Crippen molar-refractivity contribution in [2.45, 2.75) is 20.0 Å². The molecule has 3 N–H and O–H groups in total. The Morgan fingerprint density at radius 2 is 1.78 bits per heavy atom. The molecule has 7 heteroatoms. The third kappa shape index (κ3) is 2.78. The lowest BCUT2D eigenvalue weighted by Crippen LogP contribution is -2.13. The van der Waals surface area contributed by atoms with Crippen LogP contribution in [0.4, 0.5) is 0 Å². The second-order valence-corrected chi connectivity index (χ2v) is 5.35. The number of hydrogen-bond acceptors (Lipinski definition) is 6. The molecule has 23 heavy (non-hydrogen) atoms. The number of aromatic nitrogens is 3. The van der Waals surface area contributed by atoms with Crippen molar-refractivity contribution < 1.29 is 20.1 Å². The quantitative estimate of drug-likeness (QED) is 0.680. The number of phenolic OH excluding ortho intramolecular Hbond substituents is 2. The molecule has 1 atom stereocenters. The first-order chi connectivity index (χ1) is 11.0. The molecule has 7 nitrogen and oxygen atoms in total. The third-order valence-corrected chi connectivity index (χ3v) is 3.43. The van der Waals surface area contributed by atoms with E-state index in [9.17, 15) is 15.3 Å². The van der Waals surface area contributed by atoms with Crippen LogP contribution in [-0.2, 0) is 0 Å². The maximum absolute atomic E-state index is 10.4. The minimum atomic E-state index is -0.656. The summed E-state index contributed by atoms with van der Waals surface area (Å²) in [5, 5.41) is 38.4. The largest absolute Gasteiger partial charge is 0.505 e. The Morgan fingerprint density at radius 3 is 2.35 bits per heavy atom. The van der Waals surface area contributed by atoms with Gasteiger partial charge in [0.25, 0.3) is 0 Å². The summed E-state index contributed by atoms with van der Waals surface area (Å²) in [7, 11) is 0. The number of benzene rings is 2. The number of rotatable bonds is 4. The fraction of sp³-hybridized carbons (Fsp3) is 0.250. The average molecular weight is 315 g/mol. The van der Waals surface area contributed by atoms with Crippen molar-refractivity contribution >= 4 is 11.0 Å². The normalized spacial score (nSPS) is 12.5. The van der Waals surface area contributed by atoms with E-state index in [0.29, 0.717) is 22.3 Å². The third-order valence-electron chi connectivity index (χ3n) is 3.43. The zero-order valence-corrected chi connectivity index (χ0v) is 12.8. The van der Waals surface area contributed by atoms with Gasteiger partial charge in [0.2, 0.25) is 0 Å². The van der Waals surface area contributed by atoms with E-state index in [1.165, 1.54) is 10.9 Å². The Hall–Kier alpha value is -2.80. The van der Waals surface area contributed by atoms with Gasteiger partial charge in [-0.25, -0.2) is 0 Å². The number of phenols is 2. The van der Waals surface area contributed by atoms with Crippen molar-refractivity contribution in [1.82, 2.24) is 15.0 Å². The van der Waals surface area contributed by atoms with Crippen LogP contribution in [0.5, 0.6) is 17.2 Å². The molecule has 0 bridgehead atoms. The number of fused-ring (bicyclic) bond motifs is 1. The van der Waals surface area contributed by atoms with Crippen LogP contribution in [0.2, 0.25) is 0 Å². The minimum absolute atomic E-state index is 0.0585. The summed E-state index contributed by atoms with van der Waals surface area (Å²) in [5.41, 5.74) is 1.82. The number of aliphatic hydroxyl groups is 1. The first-order valence-electron chi connectivity index (χ1n) is 7.16. The molecule has 120 valence electrons. The fourth-order valence-corrected chi connectivity index (χ4v) is 2.23. The number of ether oxygens (including phenoxy) is 1. The Labute approximate surface area is 132 Å². The number of nitrogens with zero attached hydrogens (tertiary/aromatic N) is 3. The van der Waals surface area contributed by atoms with Gasteiger partial charge in [-0.2, -0.15) is 0 Å². The smallest absolute Gasteiger partial charge is 0.169 e. The highest BCUT2D eigenvalue weighted by Gasteiger charge is 2.19. The lowest BCUT2D eigenvalue weighted by atomic mass is 10.1. The van der Waals surface area contributed by atoms with Crippen LogP contribution in [-0.4, -0.2) is 43.0 Å². The fourth-order valence-electron chi connectivity index (χ4n) is 2.23. The van der Waals surface area contributed by atoms with Gasteiger partial charge in [0.1, 0.15) is 23.4 Å². The summed E-state index contributed by atoms with van der Waals surface area (Å²) < 4.78 is 5.39. The van der Waals surface area contributed by atoms with E-state index in [1.807, 2.05) is 12.1 Å². The molecule has 3 aromatic rings. The maximum Gasteiger partial charge on any atom is 0.169 e. The molecular weight excluding hydrogens is 298 g/mol. The minimum Gasteiger partial charge on any atom is -0.505 e. The van der Waals surface area contributed by atoms with Crippen LogP contribution in [0.3, 0.4) is 0 Å². The van der Waals surface area contributed by atoms with Gasteiger partial charge in [0, 0.05) is 11.6 Å². The van der Waals surface area contributed by atoms with Crippen molar-refractivity contribution in [1.29, 1.82) is 0 Å². The summed E-state index contributed by atoms with van der Waals surface area (Å²) in [6.07, 6.45) is -0.656. The van der Waals surface area contributed by atoms with Gasteiger partial charge >= 0.3 is 0 Å². The van der Waals surface area contributed by atoms with Gasteiger partial charge in [-0.05, 0) is 26.0 Å². The van der Waals surface area contributed by atoms with Gasteiger partial charge in [-0.3, -0.25) is 0 Å². The zero-order valence-electron chi connectivity index (χ0n) is 12.8. The van der Waals surface area contributed by atoms with Crippen LogP contribution in [0.25, 0.3) is 16.7 Å². The lowest BCUT2D eigenvalue weighted by molar-refractivity contribution is 0.122. The standard InChI is InChI=1S/C16H17N3O4/c1-9(20)8-23-14-7-13(21)15(16(22)10(14)2)19-17-11-5-3-4-6-12(11)18-19/h3-7,9,20-22H,8H2,1-2H3. The molecule has 0 saturated heterocycles. The second kappa shape index (κ2) is 5.77. The summed E-state index contributed by atoms with van der Waals surface area (Å²) in [4.78, 5) is 1.20. The summed E-state index contributed by atoms with van der Waals surface area (Å²) in [6, 6.07) is 8.62. The maximum atomic E-state index is 10.4. The van der Waals surface area contributed by atoms with E-state index in [1.54, 1.807) is 26.0 Å². The Bertz CT molecular complexity index is 825. The van der Waals surface area contributed by atoms with E-state index in [4.69, 9.17) is 4.74 Å². The summed E-state index contributed by atoms with van der Waals surface area (Å²) in [6.45, 7) is 3.30. The highest BCUT2D eigenvalue weighted by molar-refractivity contribution is 5.74. The van der Waals surface area contributed by atoms with E-state index in [0.717, 1.165) is 0 Å². The number of hydrogen-bond donors (Lipinski definition) is 3. The highest BCUT2D eigenvalue weighted by atomic mass is 16.5. The van der Waals surface area contributed by atoms with Crippen molar-refractivity contribution in [3.8, 4) is 22.9 Å². The van der Waals surface area contributed by atoms with E-state index in [2.05, 4.69) is 10.2 Å². The molecule has 0 radical (unpaired) electrons. The first kappa shape index (κ1) is 15.1. The van der Waals surface area contributed by atoms with Gasteiger partial charge in [0.05, 0.1) is 6.10 Å². The van der Waals surface area contributed by atoms with E-state index in [-0.39, 0.29) is 23.8 Å². The van der Waals surface area contributed by atoms with Crippen LogP contribution in [0.1, 0.15) is 12.5 Å². The van der Waals surface area contributed by atoms with Gasteiger partial charge < -0.3 is 20.1 Å². The predicted molar refractivity (Wildman–Crippen MR) is 84.1 cm³/mol. The summed E-state index contributed by atoms with van der Waals surface area (Å²) in [5.74, 6) is -0.0961. The first-order valence-corrected chi connectivity index (χ1v) is 7.16. The predicted octanol–water partition coefficient (Wildman–Crippen LogP) is 1.90. The van der Waals surface area contributed by atoms with Crippen molar-refractivity contribution in [3.63, 3.8) is 0 Å².